The van der Waals surface area contributed by atoms with Crippen LogP contribution >= 0.6 is 0 Å². The summed E-state index contributed by atoms with van der Waals surface area (Å²) in [5.74, 6) is 0.156. The topological polar surface area (TPSA) is 36.0 Å². The van der Waals surface area contributed by atoms with E-state index in [9.17, 15) is 4.79 Å². The Morgan fingerprint density at radius 1 is 1.21 bits per heavy atom. The molecule has 0 radical (unpaired) electrons. The first-order chi connectivity index (χ1) is 11.6. The molecule has 5 heteroatoms. The molecule has 3 heterocycles. The van der Waals surface area contributed by atoms with Gasteiger partial charge in [-0.2, -0.15) is 0 Å². The molecule has 3 saturated heterocycles. The van der Waals surface area contributed by atoms with Crippen LogP contribution in [0.2, 0.25) is 0 Å². The average molecular weight is 329 g/mol. The van der Waals surface area contributed by atoms with Crippen molar-refractivity contribution in [1.29, 1.82) is 0 Å². The van der Waals surface area contributed by atoms with Crippen LogP contribution in [0.5, 0.6) is 0 Å². The van der Waals surface area contributed by atoms with Gasteiger partial charge in [-0.1, -0.05) is 18.2 Å². The van der Waals surface area contributed by atoms with Gasteiger partial charge in [0.2, 0.25) is 0 Å². The zero-order chi connectivity index (χ0) is 16.7. The standard InChI is InChI=1S/C19H27N3O2/c1-15(2)21-13-19(14-21)12-20(10-17-11-24-9-8-22(17)19)18(23)16-6-4-3-5-7-16/h3-7,15,17H,8-14H2,1-2H3/t17-/m1/s1. The molecule has 0 bridgehead atoms. The summed E-state index contributed by atoms with van der Waals surface area (Å²) in [5, 5.41) is 0. The number of carbonyl (C=O) groups excluding carboxylic acids is 1. The molecule has 24 heavy (non-hydrogen) atoms. The van der Waals surface area contributed by atoms with Crippen LogP contribution in [-0.2, 0) is 4.74 Å². The number of carbonyl (C=O) groups is 1. The van der Waals surface area contributed by atoms with Crippen molar-refractivity contribution in [3.05, 3.63) is 35.9 Å². The number of rotatable bonds is 2. The molecule has 3 aliphatic rings. The van der Waals surface area contributed by atoms with Crippen LogP contribution in [-0.4, -0.2) is 84.2 Å². The summed E-state index contributed by atoms with van der Waals surface area (Å²) in [4.78, 5) is 20.2. The van der Waals surface area contributed by atoms with Crippen LogP contribution in [0.1, 0.15) is 24.2 Å². The highest BCUT2D eigenvalue weighted by molar-refractivity contribution is 5.94. The number of piperazine rings is 1. The third kappa shape index (κ3) is 2.65. The number of benzene rings is 1. The second kappa shape index (κ2) is 6.14. The Hall–Kier alpha value is -1.43. The molecule has 5 nitrogen and oxygen atoms in total. The maximum atomic E-state index is 13.0. The van der Waals surface area contributed by atoms with E-state index in [4.69, 9.17) is 4.74 Å². The van der Waals surface area contributed by atoms with Gasteiger partial charge in [-0.3, -0.25) is 14.6 Å². The maximum Gasteiger partial charge on any atom is 0.253 e. The van der Waals surface area contributed by atoms with Crippen molar-refractivity contribution in [3.8, 4) is 0 Å². The summed E-state index contributed by atoms with van der Waals surface area (Å²) in [6, 6.07) is 10.6. The molecule has 3 aliphatic heterocycles. The highest BCUT2D eigenvalue weighted by Gasteiger charge is 2.55. The van der Waals surface area contributed by atoms with Gasteiger partial charge in [-0.15, -0.1) is 0 Å². The molecule has 0 N–H and O–H groups in total. The Kier molecular flexibility index (Phi) is 4.11. The maximum absolute atomic E-state index is 13.0. The fourth-order valence-corrected chi connectivity index (χ4v) is 4.47. The van der Waals surface area contributed by atoms with Gasteiger partial charge in [-0.05, 0) is 26.0 Å². The molecule has 0 saturated carbocycles. The first-order valence-electron chi connectivity index (χ1n) is 9.02. The van der Waals surface area contributed by atoms with Crippen LogP contribution in [0.25, 0.3) is 0 Å². The fourth-order valence-electron chi connectivity index (χ4n) is 4.47. The van der Waals surface area contributed by atoms with Crippen LogP contribution in [0.15, 0.2) is 30.3 Å². The average Bonchev–Trinajstić information content (AvgIpc) is 2.58. The Morgan fingerprint density at radius 3 is 2.67 bits per heavy atom. The number of nitrogens with zero attached hydrogens (tertiary/aromatic N) is 3. The van der Waals surface area contributed by atoms with Gasteiger partial charge >= 0.3 is 0 Å². The normalized spacial score (nSPS) is 27.1. The van der Waals surface area contributed by atoms with Crippen molar-refractivity contribution in [2.24, 2.45) is 0 Å². The minimum atomic E-state index is 0.113. The lowest BCUT2D eigenvalue weighted by molar-refractivity contribution is -0.163. The van der Waals surface area contributed by atoms with Crippen molar-refractivity contribution in [2.75, 3.05) is 45.9 Å². The molecule has 0 unspecified atom stereocenters. The Labute approximate surface area is 144 Å². The molecule has 0 aliphatic carbocycles. The van der Waals surface area contributed by atoms with E-state index in [2.05, 4.69) is 28.5 Å². The van der Waals surface area contributed by atoms with Crippen LogP contribution < -0.4 is 0 Å². The number of ether oxygens (including phenoxy) is 1. The van der Waals surface area contributed by atoms with E-state index in [0.29, 0.717) is 12.1 Å². The first kappa shape index (κ1) is 16.1. The molecular formula is C19H27N3O2. The van der Waals surface area contributed by atoms with Gasteiger partial charge < -0.3 is 9.64 Å². The van der Waals surface area contributed by atoms with E-state index >= 15 is 0 Å². The van der Waals surface area contributed by atoms with Crippen LogP contribution in [0.3, 0.4) is 0 Å². The minimum Gasteiger partial charge on any atom is -0.378 e. The van der Waals surface area contributed by atoms with Crippen LogP contribution in [0, 0.1) is 0 Å². The summed E-state index contributed by atoms with van der Waals surface area (Å²) >= 11 is 0. The molecule has 1 atom stereocenters. The van der Waals surface area contributed by atoms with Gasteiger partial charge in [0, 0.05) is 44.3 Å². The molecule has 1 aromatic carbocycles. The van der Waals surface area contributed by atoms with Gasteiger partial charge in [0.25, 0.3) is 5.91 Å². The second-order valence-electron chi connectivity index (χ2n) is 7.70. The van der Waals surface area contributed by atoms with E-state index in [-0.39, 0.29) is 11.4 Å². The third-order valence-electron chi connectivity index (χ3n) is 5.79. The number of morpholine rings is 1. The predicted molar refractivity (Wildman–Crippen MR) is 93.1 cm³/mol. The molecule has 1 aromatic rings. The number of hydrogen-bond donors (Lipinski definition) is 0. The minimum absolute atomic E-state index is 0.113. The summed E-state index contributed by atoms with van der Waals surface area (Å²) in [6.45, 7) is 10.8. The lowest BCUT2D eigenvalue weighted by Crippen LogP contribution is -2.81. The Morgan fingerprint density at radius 2 is 1.96 bits per heavy atom. The van der Waals surface area contributed by atoms with Gasteiger partial charge in [0.05, 0.1) is 24.8 Å². The first-order valence-corrected chi connectivity index (χ1v) is 9.02. The van der Waals surface area contributed by atoms with Crippen molar-refractivity contribution in [3.63, 3.8) is 0 Å². The molecule has 3 fully saturated rings. The van der Waals surface area contributed by atoms with E-state index < -0.39 is 0 Å². The fraction of sp³-hybridized carbons (Fsp3) is 0.632. The molecule has 1 amide bonds. The van der Waals surface area contributed by atoms with Crippen molar-refractivity contribution < 1.29 is 9.53 Å². The Balaban J connectivity index is 1.56. The number of fused-ring (bicyclic) bond motifs is 2. The number of hydrogen-bond acceptors (Lipinski definition) is 4. The van der Waals surface area contributed by atoms with E-state index in [1.54, 1.807) is 0 Å². The largest absolute Gasteiger partial charge is 0.378 e. The van der Waals surface area contributed by atoms with Crippen molar-refractivity contribution >= 4 is 5.91 Å². The summed E-state index contributed by atoms with van der Waals surface area (Å²) < 4.78 is 5.72. The van der Waals surface area contributed by atoms with E-state index in [0.717, 1.165) is 51.5 Å². The SMILES string of the molecule is CC(C)N1CC2(CN(C(=O)c3ccccc3)C[C@@H]3COCCN32)C1. The quantitative estimate of drug-likeness (QED) is 0.820. The Bertz CT molecular complexity index is 598. The molecule has 0 aromatic heterocycles. The van der Waals surface area contributed by atoms with Gasteiger partial charge in [0.1, 0.15) is 0 Å². The summed E-state index contributed by atoms with van der Waals surface area (Å²) in [5.41, 5.74) is 0.902. The molecule has 130 valence electrons. The lowest BCUT2D eigenvalue weighted by atomic mass is 9.81. The predicted octanol–water partition coefficient (Wildman–Crippen LogP) is 1.31. The second-order valence-corrected chi connectivity index (χ2v) is 7.70. The molecule has 4 rings (SSSR count). The zero-order valence-electron chi connectivity index (χ0n) is 14.6. The van der Waals surface area contributed by atoms with E-state index in [1.165, 1.54) is 0 Å². The zero-order valence-corrected chi connectivity index (χ0v) is 14.6. The van der Waals surface area contributed by atoms with Gasteiger partial charge in [0.15, 0.2) is 0 Å². The highest BCUT2D eigenvalue weighted by atomic mass is 16.5. The van der Waals surface area contributed by atoms with Crippen molar-refractivity contribution in [2.45, 2.75) is 31.5 Å². The third-order valence-corrected chi connectivity index (χ3v) is 5.79. The smallest absolute Gasteiger partial charge is 0.253 e. The molecule has 1 spiro atoms. The van der Waals surface area contributed by atoms with Gasteiger partial charge in [-0.25, -0.2) is 0 Å². The summed E-state index contributed by atoms with van der Waals surface area (Å²) in [7, 11) is 0. The van der Waals surface area contributed by atoms with Crippen molar-refractivity contribution in [1.82, 2.24) is 14.7 Å². The number of likely N-dealkylation sites (tertiary alicyclic amines) is 1. The van der Waals surface area contributed by atoms with E-state index in [1.807, 2.05) is 30.3 Å². The lowest BCUT2D eigenvalue weighted by Gasteiger charge is -2.64. The highest BCUT2D eigenvalue weighted by Crippen LogP contribution is 2.36. The molecular weight excluding hydrogens is 302 g/mol. The monoisotopic (exact) mass is 329 g/mol. The van der Waals surface area contributed by atoms with Crippen LogP contribution in [0.4, 0.5) is 0 Å². The number of amides is 1. The summed E-state index contributed by atoms with van der Waals surface area (Å²) in [6.07, 6.45) is 0.